The number of rotatable bonds is 5. The molecule has 1 amide bonds. The summed E-state index contributed by atoms with van der Waals surface area (Å²) >= 11 is 11.9. The summed E-state index contributed by atoms with van der Waals surface area (Å²) in [5.41, 5.74) is 4.66. The molecule has 0 heterocycles. The van der Waals surface area contributed by atoms with Gasteiger partial charge in [-0.2, -0.15) is 0 Å². The van der Waals surface area contributed by atoms with Crippen LogP contribution >= 0.6 is 23.2 Å². The van der Waals surface area contributed by atoms with E-state index in [2.05, 4.69) is 5.32 Å². The van der Waals surface area contributed by atoms with Crippen LogP contribution in [0.15, 0.2) is 24.3 Å². The van der Waals surface area contributed by atoms with Crippen molar-refractivity contribution in [3.8, 4) is 0 Å². The number of hydrogen-bond donors (Lipinski definition) is 2. The van der Waals surface area contributed by atoms with Gasteiger partial charge in [-0.25, -0.2) is 4.39 Å². The number of nitrogens with two attached hydrogens (primary N) is 1. The van der Waals surface area contributed by atoms with Gasteiger partial charge in [0.25, 0.3) is 5.91 Å². The number of quaternary nitrogens is 1. The molecule has 0 aliphatic rings. The quantitative estimate of drug-likeness (QED) is 0.704. The van der Waals surface area contributed by atoms with Crippen molar-refractivity contribution in [2.24, 2.45) is 0 Å². The summed E-state index contributed by atoms with van der Waals surface area (Å²) in [6.45, 7) is 9.66. The van der Waals surface area contributed by atoms with E-state index in [1.165, 1.54) is 12.1 Å². The van der Waals surface area contributed by atoms with Gasteiger partial charge >= 0.3 is 0 Å². The third kappa shape index (κ3) is 4.76. The summed E-state index contributed by atoms with van der Waals surface area (Å²) in [4.78, 5) is 12.6. The molecule has 3 N–H and O–H groups in total. The Balaban J connectivity index is 2.11. The standard InChI is InChI=1S/C20H23Cl2FN2O/c1-10-6-11(2)19(12(3)7-10)25-20(26)14(5)24-13(4)15-8-18(23)17(22)9-16(15)21/h6-9,13-14,24H,1-5H3,(H,25,26)/p+1/t13-,14+/m0/s1. The molecule has 2 atom stereocenters. The van der Waals surface area contributed by atoms with Crippen LogP contribution in [-0.4, -0.2) is 11.9 Å². The first-order valence-corrected chi connectivity index (χ1v) is 9.24. The van der Waals surface area contributed by atoms with E-state index in [-0.39, 0.29) is 23.0 Å². The molecule has 0 unspecified atom stereocenters. The van der Waals surface area contributed by atoms with Gasteiger partial charge < -0.3 is 10.6 Å². The Morgan fingerprint density at radius 2 is 1.62 bits per heavy atom. The molecule has 2 aromatic carbocycles. The van der Waals surface area contributed by atoms with Crippen LogP contribution in [0, 0.1) is 26.6 Å². The van der Waals surface area contributed by atoms with Crippen LogP contribution in [0.5, 0.6) is 0 Å². The lowest BCUT2D eigenvalue weighted by molar-refractivity contribution is -0.709. The largest absolute Gasteiger partial charge is 0.330 e. The van der Waals surface area contributed by atoms with Crippen LogP contribution in [0.2, 0.25) is 10.0 Å². The topological polar surface area (TPSA) is 45.7 Å². The SMILES string of the molecule is Cc1cc(C)c(NC(=O)[C@@H](C)[NH2+][C@@H](C)c2cc(F)c(Cl)cc2Cl)c(C)c1. The molecule has 0 spiro atoms. The number of nitrogens with one attached hydrogen (secondary N) is 1. The minimum absolute atomic E-state index is 0.0120. The molecule has 6 heteroatoms. The monoisotopic (exact) mass is 397 g/mol. The average molecular weight is 398 g/mol. The van der Waals surface area contributed by atoms with E-state index < -0.39 is 5.82 Å². The van der Waals surface area contributed by atoms with Crippen molar-refractivity contribution < 1.29 is 14.5 Å². The van der Waals surface area contributed by atoms with Crippen LogP contribution < -0.4 is 10.6 Å². The van der Waals surface area contributed by atoms with Gasteiger partial charge in [0.15, 0.2) is 6.04 Å². The molecular weight excluding hydrogens is 374 g/mol. The number of benzene rings is 2. The van der Waals surface area contributed by atoms with E-state index >= 15 is 0 Å². The van der Waals surface area contributed by atoms with E-state index in [4.69, 9.17) is 23.2 Å². The second kappa shape index (κ2) is 8.38. The zero-order valence-corrected chi connectivity index (χ0v) is 17.1. The first-order valence-electron chi connectivity index (χ1n) is 8.48. The Morgan fingerprint density at radius 3 is 2.19 bits per heavy atom. The molecule has 2 rings (SSSR count). The van der Waals surface area contributed by atoms with Crippen LogP contribution in [-0.2, 0) is 4.79 Å². The van der Waals surface area contributed by atoms with Gasteiger partial charge in [0.05, 0.1) is 10.0 Å². The summed E-state index contributed by atoms with van der Waals surface area (Å²) in [5, 5.41) is 5.22. The normalized spacial score (nSPS) is 13.4. The molecule has 0 aliphatic carbocycles. The Kier molecular flexibility index (Phi) is 6.67. The van der Waals surface area contributed by atoms with Crippen LogP contribution in [0.25, 0.3) is 0 Å². The molecule has 3 nitrogen and oxygen atoms in total. The van der Waals surface area contributed by atoms with E-state index in [0.717, 1.165) is 22.4 Å². The lowest BCUT2D eigenvalue weighted by Crippen LogP contribution is -2.91. The number of hydrogen-bond acceptors (Lipinski definition) is 1. The van der Waals surface area contributed by atoms with Crippen molar-refractivity contribution in [3.63, 3.8) is 0 Å². The van der Waals surface area contributed by atoms with Crippen molar-refractivity contribution in [2.45, 2.75) is 46.7 Å². The first kappa shape index (κ1) is 20.7. The van der Waals surface area contributed by atoms with Crippen molar-refractivity contribution >= 4 is 34.8 Å². The molecular formula is C20H24Cl2FN2O+. The fraction of sp³-hybridized carbons (Fsp3) is 0.350. The molecule has 2 aromatic rings. The van der Waals surface area contributed by atoms with Crippen molar-refractivity contribution in [2.75, 3.05) is 5.32 Å². The summed E-state index contributed by atoms with van der Waals surface area (Å²) in [7, 11) is 0. The van der Waals surface area contributed by atoms with Crippen LogP contribution in [0.1, 0.15) is 42.1 Å². The first-order chi connectivity index (χ1) is 12.1. The summed E-state index contributed by atoms with van der Waals surface area (Å²) in [5.74, 6) is -0.633. The highest BCUT2D eigenvalue weighted by Crippen LogP contribution is 2.27. The molecule has 0 saturated carbocycles. The highest BCUT2D eigenvalue weighted by molar-refractivity contribution is 6.35. The van der Waals surface area contributed by atoms with Crippen molar-refractivity contribution in [1.29, 1.82) is 0 Å². The summed E-state index contributed by atoms with van der Waals surface area (Å²) < 4.78 is 13.7. The predicted molar refractivity (Wildman–Crippen MR) is 106 cm³/mol. The summed E-state index contributed by atoms with van der Waals surface area (Å²) in [6, 6.07) is 6.22. The van der Waals surface area contributed by atoms with E-state index in [9.17, 15) is 9.18 Å². The smallest absolute Gasteiger partial charge is 0.282 e. The van der Waals surface area contributed by atoms with Crippen LogP contribution in [0.3, 0.4) is 0 Å². The lowest BCUT2D eigenvalue weighted by Gasteiger charge is -2.19. The van der Waals surface area contributed by atoms with Crippen molar-refractivity contribution in [1.82, 2.24) is 0 Å². The van der Waals surface area contributed by atoms with Gasteiger partial charge in [0.2, 0.25) is 0 Å². The summed E-state index contributed by atoms with van der Waals surface area (Å²) in [6.07, 6.45) is 0. The number of halogens is 3. The number of carbonyl (C=O) groups is 1. The van der Waals surface area contributed by atoms with Gasteiger partial charge in [0.1, 0.15) is 11.9 Å². The van der Waals surface area contributed by atoms with Crippen LogP contribution in [0.4, 0.5) is 10.1 Å². The fourth-order valence-electron chi connectivity index (χ4n) is 3.13. The third-order valence-electron chi connectivity index (χ3n) is 4.45. The predicted octanol–water partition coefficient (Wildman–Crippen LogP) is 4.71. The molecule has 0 fully saturated rings. The maximum absolute atomic E-state index is 13.7. The zero-order valence-electron chi connectivity index (χ0n) is 15.6. The maximum Gasteiger partial charge on any atom is 0.282 e. The second-order valence-electron chi connectivity index (χ2n) is 6.82. The minimum Gasteiger partial charge on any atom is -0.330 e. The molecule has 0 aliphatic heterocycles. The van der Waals surface area contributed by atoms with E-state index in [1.807, 2.05) is 52.1 Å². The van der Waals surface area contributed by atoms with Crippen molar-refractivity contribution in [3.05, 3.63) is 62.4 Å². The fourth-order valence-corrected chi connectivity index (χ4v) is 3.68. The molecule has 26 heavy (non-hydrogen) atoms. The Hall–Kier alpha value is -1.62. The third-order valence-corrected chi connectivity index (χ3v) is 5.06. The van der Waals surface area contributed by atoms with Gasteiger partial charge in [-0.05, 0) is 57.9 Å². The van der Waals surface area contributed by atoms with E-state index in [0.29, 0.717) is 10.6 Å². The zero-order chi connectivity index (χ0) is 19.6. The molecule has 0 bridgehead atoms. The second-order valence-corrected chi connectivity index (χ2v) is 7.63. The molecule has 0 saturated heterocycles. The Bertz CT molecular complexity index is 816. The minimum atomic E-state index is -0.519. The maximum atomic E-state index is 13.7. The Morgan fingerprint density at radius 1 is 1.04 bits per heavy atom. The van der Waals surface area contributed by atoms with Gasteiger partial charge in [-0.1, -0.05) is 40.9 Å². The van der Waals surface area contributed by atoms with Gasteiger partial charge in [0, 0.05) is 11.3 Å². The van der Waals surface area contributed by atoms with E-state index in [1.54, 1.807) is 0 Å². The van der Waals surface area contributed by atoms with Gasteiger partial charge in [-0.3, -0.25) is 4.79 Å². The average Bonchev–Trinajstić information content (AvgIpc) is 2.53. The van der Waals surface area contributed by atoms with Gasteiger partial charge in [-0.15, -0.1) is 0 Å². The number of carbonyl (C=O) groups excluding carboxylic acids is 1. The molecule has 0 aromatic heterocycles. The molecule has 140 valence electrons. The highest BCUT2D eigenvalue weighted by Gasteiger charge is 2.23. The number of amides is 1. The lowest BCUT2D eigenvalue weighted by atomic mass is 10.0. The molecule has 0 radical (unpaired) electrons. The Labute approximate surface area is 163 Å². The number of aryl methyl sites for hydroxylation is 3. The highest BCUT2D eigenvalue weighted by atomic mass is 35.5. The number of anilines is 1.